The number of halogens is 3. The van der Waals surface area contributed by atoms with Crippen molar-refractivity contribution in [2.75, 3.05) is 25.5 Å². The first-order chi connectivity index (χ1) is 11.9. The molecule has 0 fully saturated rings. The number of urea groups is 1. The van der Waals surface area contributed by atoms with Gasteiger partial charge in [0.25, 0.3) is 0 Å². The zero-order chi connectivity index (χ0) is 18.2. The number of carbonyl (C=O) groups is 1. The van der Waals surface area contributed by atoms with Crippen molar-refractivity contribution in [2.45, 2.75) is 6.61 Å². The molecule has 0 aliphatic carbocycles. The zero-order valence-corrected chi connectivity index (χ0v) is 14.2. The summed E-state index contributed by atoms with van der Waals surface area (Å²) in [6, 6.07) is 12.3. The predicted octanol–water partition coefficient (Wildman–Crippen LogP) is 4.48. The molecule has 0 aromatic heterocycles. The molecule has 0 atom stereocenters. The van der Waals surface area contributed by atoms with Crippen LogP contribution in [0.3, 0.4) is 0 Å². The van der Waals surface area contributed by atoms with Gasteiger partial charge in [-0.3, -0.25) is 0 Å². The number of benzene rings is 2. The fraction of sp³-hybridized carbons (Fsp3) is 0.235. The van der Waals surface area contributed by atoms with E-state index in [0.717, 1.165) is 0 Å². The molecule has 134 valence electrons. The highest BCUT2D eigenvalue weighted by Gasteiger charge is 2.10. The molecule has 0 radical (unpaired) electrons. The molecular weight excluding hydrogens is 354 g/mol. The van der Waals surface area contributed by atoms with E-state index in [1.807, 2.05) is 0 Å². The summed E-state index contributed by atoms with van der Waals surface area (Å²) in [6.45, 7) is -2.29. The van der Waals surface area contributed by atoms with E-state index in [0.29, 0.717) is 29.6 Å². The van der Waals surface area contributed by atoms with E-state index in [-0.39, 0.29) is 5.75 Å². The lowest BCUT2D eigenvalue weighted by Crippen LogP contribution is -2.34. The summed E-state index contributed by atoms with van der Waals surface area (Å²) in [4.78, 5) is 13.5. The van der Waals surface area contributed by atoms with Gasteiger partial charge in [-0.2, -0.15) is 8.78 Å². The number of nitrogens with zero attached hydrogens (tertiary/aromatic N) is 1. The van der Waals surface area contributed by atoms with Crippen molar-refractivity contribution in [3.63, 3.8) is 0 Å². The van der Waals surface area contributed by atoms with Crippen LogP contribution < -0.4 is 14.8 Å². The number of rotatable bonds is 7. The minimum Gasteiger partial charge on any atom is -0.492 e. The largest absolute Gasteiger partial charge is 0.492 e. The third kappa shape index (κ3) is 6.46. The number of likely N-dealkylation sites (N-methyl/N-ethyl adjacent to an activating group) is 1. The molecule has 0 saturated carbocycles. The standard InChI is InChI=1S/C17H17ClF2N2O3/c1-22(9-10-24-14-7-5-12(18)6-8-14)17(23)21-13-3-2-4-15(11-13)25-16(19)20/h2-8,11,16H,9-10H2,1H3,(H,21,23). The highest BCUT2D eigenvalue weighted by atomic mass is 35.5. The van der Waals surface area contributed by atoms with Crippen LogP contribution in [0.25, 0.3) is 0 Å². The number of nitrogens with one attached hydrogen (secondary N) is 1. The van der Waals surface area contributed by atoms with Crippen LogP contribution in [0.5, 0.6) is 11.5 Å². The maximum absolute atomic E-state index is 12.2. The fourth-order valence-electron chi connectivity index (χ4n) is 1.90. The summed E-state index contributed by atoms with van der Waals surface area (Å²) in [5, 5.41) is 3.21. The molecule has 0 aliphatic heterocycles. The van der Waals surface area contributed by atoms with E-state index < -0.39 is 12.6 Å². The van der Waals surface area contributed by atoms with Crippen molar-refractivity contribution in [3.05, 3.63) is 53.6 Å². The fourth-order valence-corrected chi connectivity index (χ4v) is 2.03. The molecule has 2 aromatic rings. The van der Waals surface area contributed by atoms with Crippen LogP contribution in [-0.4, -0.2) is 37.7 Å². The first-order valence-corrected chi connectivity index (χ1v) is 7.77. The molecule has 2 rings (SSSR count). The van der Waals surface area contributed by atoms with Crippen LogP contribution in [0, 0.1) is 0 Å². The Hall–Kier alpha value is -2.54. The molecule has 0 aliphatic rings. The maximum atomic E-state index is 12.2. The molecule has 0 unspecified atom stereocenters. The molecule has 8 heteroatoms. The smallest absolute Gasteiger partial charge is 0.387 e. The zero-order valence-electron chi connectivity index (χ0n) is 13.4. The van der Waals surface area contributed by atoms with Gasteiger partial charge in [0.05, 0.1) is 6.54 Å². The molecule has 0 spiro atoms. The van der Waals surface area contributed by atoms with Gasteiger partial charge in [-0.05, 0) is 36.4 Å². The van der Waals surface area contributed by atoms with E-state index >= 15 is 0 Å². The van der Waals surface area contributed by atoms with Crippen molar-refractivity contribution >= 4 is 23.3 Å². The van der Waals surface area contributed by atoms with E-state index in [4.69, 9.17) is 16.3 Å². The van der Waals surface area contributed by atoms with Crippen LogP contribution in [0.4, 0.5) is 19.3 Å². The summed E-state index contributed by atoms with van der Waals surface area (Å²) in [5.74, 6) is 0.622. The third-order valence-electron chi connectivity index (χ3n) is 3.17. The normalized spacial score (nSPS) is 10.4. The van der Waals surface area contributed by atoms with Crippen molar-refractivity contribution < 1.29 is 23.0 Å². The number of hydrogen-bond donors (Lipinski definition) is 1. The van der Waals surface area contributed by atoms with Gasteiger partial charge in [-0.25, -0.2) is 4.79 Å². The molecule has 2 aromatic carbocycles. The SMILES string of the molecule is CN(CCOc1ccc(Cl)cc1)C(=O)Nc1cccc(OC(F)F)c1. The maximum Gasteiger partial charge on any atom is 0.387 e. The predicted molar refractivity (Wildman–Crippen MR) is 91.7 cm³/mol. The Bertz CT molecular complexity index is 699. The van der Waals surface area contributed by atoms with E-state index in [2.05, 4.69) is 10.1 Å². The summed E-state index contributed by atoms with van der Waals surface area (Å²) in [5.41, 5.74) is 0.355. The van der Waals surface area contributed by atoms with Crippen LogP contribution in [0.2, 0.25) is 5.02 Å². The molecule has 5 nitrogen and oxygen atoms in total. The third-order valence-corrected chi connectivity index (χ3v) is 3.42. The van der Waals surface area contributed by atoms with Crippen molar-refractivity contribution in [1.29, 1.82) is 0 Å². The van der Waals surface area contributed by atoms with E-state index in [9.17, 15) is 13.6 Å². The Morgan fingerprint density at radius 2 is 1.92 bits per heavy atom. The van der Waals surface area contributed by atoms with Gasteiger partial charge in [-0.1, -0.05) is 17.7 Å². The average molecular weight is 371 g/mol. The average Bonchev–Trinajstić information content (AvgIpc) is 2.56. The lowest BCUT2D eigenvalue weighted by molar-refractivity contribution is -0.0497. The number of alkyl halides is 2. The Morgan fingerprint density at radius 1 is 1.20 bits per heavy atom. The molecule has 0 saturated heterocycles. The van der Waals surface area contributed by atoms with Gasteiger partial charge in [-0.15, -0.1) is 0 Å². The first kappa shape index (κ1) is 18.8. The number of amides is 2. The van der Waals surface area contributed by atoms with Crippen LogP contribution >= 0.6 is 11.6 Å². The van der Waals surface area contributed by atoms with Gasteiger partial charge < -0.3 is 19.7 Å². The van der Waals surface area contributed by atoms with Crippen molar-refractivity contribution in [3.8, 4) is 11.5 Å². The summed E-state index contributed by atoms with van der Waals surface area (Å²) in [7, 11) is 1.60. The Balaban J connectivity index is 1.80. The number of hydrogen-bond acceptors (Lipinski definition) is 3. The first-order valence-electron chi connectivity index (χ1n) is 7.39. The van der Waals surface area contributed by atoms with Gasteiger partial charge in [0.2, 0.25) is 0 Å². The van der Waals surface area contributed by atoms with Gasteiger partial charge in [0.15, 0.2) is 0 Å². The summed E-state index contributed by atoms with van der Waals surface area (Å²) in [6.07, 6.45) is 0. The van der Waals surface area contributed by atoms with Gasteiger partial charge >= 0.3 is 12.6 Å². The second-order valence-corrected chi connectivity index (χ2v) is 5.50. The number of anilines is 1. The molecule has 0 bridgehead atoms. The Labute approximate surface area is 149 Å². The molecule has 2 amide bonds. The highest BCUT2D eigenvalue weighted by Crippen LogP contribution is 2.19. The molecule has 25 heavy (non-hydrogen) atoms. The minimum absolute atomic E-state index is 0.0264. The highest BCUT2D eigenvalue weighted by molar-refractivity contribution is 6.30. The lowest BCUT2D eigenvalue weighted by Gasteiger charge is -2.18. The second kappa shape index (κ2) is 9.08. The van der Waals surface area contributed by atoms with Crippen molar-refractivity contribution in [1.82, 2.24) is 4.90 Å². The topological polar surface area (TPSA) is 50.8 Å². The second-order valence-electron chi connectivity index (χ2n) is 5.06. The van der Waals surface area contributed by atoms with E-state index in [1.54, 1.807) is 37.4 Å². The molecule has 1 N–H and O–H groups in total. The molecule has 0 heterocycles. The van der Waals surface area contributed by atoms with Crippen LogP contribution in [-0.2, 0) is 0 Å². The Morgan fingerprint density at radius 3 is 2.60 bits per heavy atom. The van der Waals surface area contributed by atoms with Crippen LogP contribution in [0.1, 0.15) is 0 Å². The van der Waals surface area contributed by atoms with Crippen LogP contribution in [0.15, 0.2) is 48.5 Å². The van der Waals surface area contributed by atoms with E-state index in [1.165, 1.54) is 23.1 Å². The summed E-state index contributed by atoms with van der Waals surface area (Å²) >= 11 is 5.79. The lowest BCUT2D eigenvalue weighted by atomic mass is 10.3. The van der Waals surface area contributed by atoms with Gasteiger partial charge in [0.1, 0.15) is 18.1 Å². The van der Waals surface area contributed by atoms with Gasteiger partial charge in [0, 0.05) is 23.8 Å². The summed E-state index contributed by atoms with van der Waals surface area (Å²) < 4.78 is 34.2. The minimum atomic E-state index is -2.92. The molecular formula is C17H17ClF2N2O3. The monoisotopic (exact) mass is 370 g/mol. The Kier molecular flexibility index (Phi) is 6.82. The quantitative estimate of drug-likeness (QED) is 0.781. The number of ether oxygens (including phenoxy) is 2. The van der Waals surface area contributed by atoms with Crippen molar-refractivity contribution in [2.24, 2.45) is 0 Å². The number of carbonyl (C=O) groups excluding carboxylic acids is 1.